The van der Waals surface area contributed by atoms with E-state index in [1.54, 1.807) is 6.92 Å². The van der Waals surface area contributed by atoms with Crippen LogP contribution < -0.4 is 0 Å². The van der Waals surface area contributed by atoms with Crippen LogP contribution in [-0.2, 0) is 9.59 Å². The Kier molecular flexibility index (Phi) is 8.40. The van der Waals surface area contributed by atoms with Gasteiger partial charge in [-0.25, -0.2) is 0 Å². The van der Waals surface area contributed by atoms with Crippen LogP contribution in [-0.4, -0.2) is 35.0 Å². The zero-order valence-electron chi connectivity index (χ0n) is 13.6. The van der Waals surface area contributed by atoms with Crippen molar-refractivity contribution in [3.8, 4) is 0 Å². The first-order valence-corrected chi connectivity index (χ1v) is 8.57. The number of carbonyl (C=O) groups excluding carboxylic acids is 1. The molecule has 1 rings (SSSR count). The molecule has 21 heavy (non-hydrogen) atoms. The molecule has 0 saturated heterocycles. The largest absolute Gasteiger partial charge is 0.481 e. The Labute approximate surface area is 128 Å². The molecule has 0 aliphatic heterocycles. The lowest BCUT2D eigenvalue weighted by Crippen LogP contribution is -2.41. The smallest absolute Gasteiger partial charge is 0.308 e. The highest BCUT2D eigenvalue weighted by atomic mass is 16.4. The van der Waals surface area contributed by atoms with Crippen molar-refractivity contribution in [3.05, 3.63) is 0 Å². The molecule has 0 aromatic rings. The third-order valence-electron chi connectivity index (χ3n) is 4.46. The van der Waals surface area contributed by atoms with Gasteiger partial charge in [-0.3, -0.25) is 9.59 Å². The van der Waals surface area contributed by atoms with Gasteiger partial charge >= 0.3 is 5.97 Å². The van der Waals surface area contributed by atoms with Crippen LogP contribution in [0.3, 0.4) is 0 Å². The maximum absolute atomic E-state index is 12.7. The Morgan fingerprint density at radius 1 is 1.14 bits per heavy atom. The zero-order chi connectivity index (χ0) is 15.7. The quantitative estimate of drug-likeness (QED) is 0.660. The summed E-state index contributed by atoms with van der Waals surface area (Å²) in [5.74, 6) is -0.973. The summed E-state index contributed by atoms with van der Waals surface area (Å²) >= 11 is 0. The number of carboxylic acids is 1. The average molecular weight is 297 g/mol. The lowest BCUT2D eigenvalue weighted by Gasteiger charge is -2.30. The Balaban J connectivity index is 2.55. The Morgan fingerprint density at radius 2 is 1.81 bits per heavy atom. The van der Waals surface area contributed by atoms with E-state index in [4.69, 9.17) is 5.11 Å². The summed E-state index contributed by atoms with van der Waals surface area (Å²) in [4.78, 5) is 25.5. The SMILES string of the molecule is CCCCCCN(CC(C)C(=O)O)C(=O)C1CCCCC1. The predicted molar refractivity (Wildman–Crippen MR) is 84.1 cm³/mol. The minimum Gasteiger partial charge on any atom is -0.481 e. The normalized spacial score (nSPS) is 17.4. The highest BCUT2D eigenvalue weighted by molar-refractivity contribution is 5.79. The maximum atomic E-state index is 12.7. The molecule has 0 bridgehead atoms. The number of aliphatic carboxylic acids is 1. The molecule has 1 atom stereocenters. The van der Waals surface area contributed by atoms with E-state index in [0.717, 1.165) is 38.5 Å². The number of nitrogens with zero attached hydrogens (tertiary/aromatic N) is 1. The van der Waals surface area contributed by atoms with Gasteiger partial charge in [0.05, 0.1) is 5.92 Å². The average Bonchev–Trinajstić information content (AvgIpc) is 2.50. The fourth-order valence-corrected chi connectivity index (χ4v) is 3.04. The third-order valence-corrected chi connectivity index (χ3v) is 4.46. The summed E-state index contributed by atoms with van der Waals surface area (Å²) in [7, 11) is 0. The summed E-state index contributed by atoms with van der Waals surface area (Å²) < 4.78 is 0. The second kappa shape index (κ2) is 9.80. The van der Waals surface area contributed by atoms with Crippen LogP contribution in [0.5, 0.6) is 0 Å². The molecule has 1 aliphatic carbocycles. The molecule has 1 unspecified atom stereocenters. The monoisotopic (exact) mass is 297 g/mol. The standard InChI is InChI=1S/C17H31NO3/c1-3-4-5-9-12-18(13-14(2)17(20)21)16(19)15-10-7-6-8-11-15/h14-15H,3-13H2,1-2H3,(H,20,21). The first-order valence-electron chi connectivity index (χ1n) is 8.57. The predicted octanol–water partition coefficient (Wildman–Crippen LogP) is 3.70. The van der Waals surface area contributed by atoms with Crippen molar-refractivity contribution in [1.29, 1.82) is 0 Å². The van der Waals surface area contributed by atoms with Crippen LogP contribution in [0.15, 0.2) is 0 Å². The van der Waals surface area contributed by atoms with Gasteiger partial charge in [-0.15, -0.1) is 0 Å². The summed E-state index contributed by atoms with van der Waals surface area (Å²) in [6.45, 7) is 4.93. The van der Waals surface area contributed by atoms with Gasteiger partial charge in [-0.2, -0.15) is 0 Å². The molecule has 1 amide bonds. The van der Waals surface area contributed by atoms with Crippen LogP contribution in [0.25, 0.3) is 0 Å². The number of hydrogen-bond donors (Lipinski definition) is 1. The molecular formula is C17H31NO3. The van der Waals surface area contributed by atoms with Crippen molar-refractivity contribution in [2.24, 2.45) is 11.8 Å². The molecule has 0 radical (unpaired) electrons. The summed E-state index contributed by atoms with van der Waals surface area (Å²) in [5.41, 5.74) is 0. The highest BCUT2D eigenvalue weighted by Gasteiger charge is 2.27. The van der Waals surface area contributed by atoms with Crippen LogP contribution in [0.2, 0.25) is 0 Å². The van der Waals surface area contributed by atoms with Crippen LogP contribution in [0, 0.1) is 11.8 Å². The summed E-state index contributed by atoms with van der Waals surface area (Å²) in [6.07, 6.45) is 9.90. The summed E-state index contributed by atoms with van der Waals surface area (Å²) in [6, 6.07) is 0. The Morgan fingerprint density at radius 3 is 2.38 bits per heavy atom. The van der Waals surface area contributed by atoms with E-state index in [1.807, 2.05) is 4.90 Å². The molecule has 0 heterocycles. The molecule has 1 fully saturated rings. The van der Waals surface area contributed by atoms with E-state index in [0.29, 0.717) is 13.1 Å². The van der Waals surface area contributed by atoms with E-state index in [1.165, 1.54) is 19.3 Å². The second-order valence-electron chi connectivity index (χ2n) is 6.42. The molecule has 0 aromatic carbocycles. The van der Waals surface area contributed by atoms with E-state index < -0.39 is 11.9 Å². The van der Waals surface area contributed by atoms with Crippen LogP contribution in [0.4, 0.5) is 0 Å². The van der Waals surface area contributed by atoms with Crippen molar-refractivity contribution < 1.29 is 14.7 Å². The van der Waals surface area contributed by atoms with Crippen molar-refractivity contribution in [2.45, 2.75) is 71.6 Å². The zero-order valence-corrected chi connectivity index (χ0v) is 13.6. The minimum absolute atomic E-state index is 0.130. The molecule has 122 valence electrons. The van der Waals surface area contributed by atoms with Gasteiger partial charge in [0.2, 0.25) is 5.91 Å². The van der Waals surface area contributed by atoms with Crippen LogP contribution in [0.1, 0.15) is 71.6 Å². The second-order valence-corrected chi connectivity index (χ2v) is 6.42. The molecule has 4 nitrogen and oxygen atoms in total. The van der Waals surface area contributed by atoms with Gasteiger partial charge < -0.3 is 10.0 Å². The number of amides is 1. The van der Waals surface area contributed by atoms with Crippen LogP contribution >= 0.6 is 0 Å². The van der Waals surface area contributed by atoms with E-state index >= 15 is 0 Å². The van der Waals surface area contributed by atoms with Crippen molar-refractivity contribution in [3.63, 3.8) is 0 Å². The van der Waals surface area contributed by atoms with Gasteiger partial charge in [0.1, 0.15) is 0 Å². The van der Waals surface area contributed by atoms with Gasteiger partial charge in [-0.05, 0) is 19.3 Å². The van der Waals surface area contributed by atoms with Crippen molar-refractivity contribution >= 4 is 11.9 Å². The highest BCUT2D eigenvalue weighted by Crippen LogP contribution is 2.26. The first-order chi connectivity index (χ1) is 10.1. The minimum atomic E-state index is -0.815. The van der Waals surface area contributed by atoms with E-state index in [9.17, 15) is 9.59 Å². The Hall–Kier alpha value is -1.06. The van der Waals surface area contributed by atoms with Crippen molar-refractivity contribution in [2.75, 3.05) is 13.1 Å². The fraction of sp³-hybridized carbons (Fsp3) is 0.882. The molecule has 0 spiro atoms. The lowest BCUT2D eigenvalue weighted by molar-refractivity contribution is -0.144. The summed E-state index contributed by atoms with van der Waals surface area (Å²) in [5, 5.41) is 9.09. The number of rotatable bonds is 9. The van der Waals surface area contributed by atoms with Gasteiger partial charge in [0.15, 0.2) is 0 Å². The van der Waals surface area contributed by atoms with E-state index in [-0.39, 0.29) is 11.8 Å². The number of carbonyl (C=O) groups is 2. The molecule has 1 saturated carbocycles. The molecular weight excluding hydrogens is 266 g/mol. The maximum Gasteiger partial charge on any atom is 0.308 e. The number of unbranched alkanes of at least 4 members (excludes halogenated alkanes) is 3. The van der Waals surface area contributed by atoms with Gasteiger partial charge in [-0.1, -0.05) is 52.4 Å². The Bertz CT molecular complexity index is 324. The lowest BCUT2D eigenvalue weighted by atomic mass is 9.88. The van der Waals surface area contributed by atoms with Gasteiger partial charge in [0, 0.05) is 19.0 Å². The number of carboxylic acid groups (broad SMARTS) is 1. The van der Waals surface area contributed by atoms with Gasteiger partial charge in [0.25, 0.3) is 0 Å². The molecule has 1 aliphatic rings. The third kappa shape index (κ3) is 6.49. The van der Waals surface area contributed by atoms with E-state index in [2.05, 4.69) is 6.92 Å². The number of hydrogen-bond acceptors (Lipinski definition) is 2. The van der Waals surface area contributed by atoms with Crippen molar-refractivity contribution in [1.82, 2.24) is 4.90 Å². The topological polar surface area (TPSA) is 57.6 Å². The molecule has 0 aromatic heterocycles. The fourth-order valence-electron chi connectivity index (χ4n) is 3.04. The molecule has 1 N–H and O–H groups in total. The molecule has 4 heteroatoms. The first kappa shape index (κ1) is 18.0.